The quantitative estimate of drug-likeness (QED) is 0.809. The number of benzene rings is 1. The fourth-order valence-electron chi connectivity index (χ4n) is 1.91. The molecule has 98 valence electrons. The van der Waals surface area contributed by atoms with Crippen molar-refractivity contribution in [1.82, 2.24) is 4.98 Å². The van der Waals surface area contributed by atoms with Gasteiger partial charge in [-0.25, -0.2) is 0 Å². The summed E-state index contributed by atoms with van der Waals surface area (Å²) in [6, 6.07) is 9.07. The van der Waals surface area contributed by atoms with Gasteiger partial charge in [-0.2, -0.15) is 0 Å². The minimum Gasteiger partial charge on any atom is -0.480 e. The molecular formula is C14H14N2O3. The Bertz CT molecular complexity index is 638. The number of carboxylic acids is 1. The molecule has 0 radical (unpaired) electrons. The van der Waals surface area contributed by atoms with Crippen LogP contribution in [0.15, 0.2) is 36.5 Å². The number of aromatic nitrogens is 1. The standard InChI is InChI=1S/C14H14N2O3/c1-14(12(15)17,13(18)19)8-9-4-5-11-10(7-9)3-2-6-16-11/h2-7H,8H2,1H3,(H2,15,17)(H,18,19). The van der Waals surface area contributed by atoms with Gasteiger partial charge in [0.1, 0.15) is 5.41 Å². The number of primary amides is 1. The maximum absolute atomic E-state index is 11.4. The highest BCUT2D eigenvalue weighted by Crippen LogP contribution is 2.24. The minimum absolute atomic E-state index is 0.0580. The molecule has 1 unspecified atom stereocenters. The number of hydrogen-bond acceptors (Lipinski definition) is 3. The Balaban J connectivity index is 2.40. The van der Waals surface area contributed by atoms with Crippen LogP contribution in [0.5, 0.6) is 0 Å². The maximum atomic E-state index is 11.4. The van der Waals surface area contributed by atoms with E-state index in [9.17, 15) is 9.59 Å². The van der Waals surface area contributed by atoms with Crippen molar-refractivity contribution in [3.63, 3.8) is 0 Å². The normalized spacial score (nSPS) is 13.9. The molecule has 0 fully saturated rings. The van der Waals surface area contributed by atoms with Crippen molar-refractivity contribution in [2.75, 3.05) is 0 Å². The molecule has 2 rings (SSSR count). The van der Waals surface area contributed by atoms with Gasteiger partial charge in [0.15, 0.2) is 0 Å². The molecular weight excluding hydrogens is 244 g/mol. The molecule has 1 aromatic carbocycles. The number of nitrogens with zero attached hydrogens (tertiary/aromatic N) is 1. The molecule has 0 saturated carbocycles. The first-order chi connectivity index (χ1) is 8.93. The topological polar surface area (TPSA) is 93.3 Å². The van der Waals surface area contributed by atoms with Crippen molar-refractivity contribution in [1.29, 1.82) is 0 Å². The van der Waals surface area contributed by atoms with Crippen molar-refractivity contribution >= 4 is 22.8 Å². The Kier molecular flexibility index (Phi) is 3.21. The third-order valence-corrected chi connectivity index (χ3v) is 3.24. The lowest BCUT2D eigenvalue weighted by Crippen LogP contribution is -2.43. The SMILES string of the molecule is CC(Cc1ccc2ncccc2c1)(C(N)=O)C(=O)O. The molecule has 0 bridgehead atoms. The Morgan fingerprint density at radius 1 is 1.37 bits per heavy atom. The van der Waals surface area contributed by atoms with Crippen LogP contribution in [0.2, 0.25) is 0 Å². The number of carbonyl (C=O) groups is 2. The summed E-state index contributed by atoms with van der Waals surface area (Å²) in [6.45, 7) is 1.34. The second-order valence-electron chi connectivity index (χ2n) is 4.71. The Hall–Kier alpha value is -2.43. The van der Waals surface area contributed by atoms with Gasteiger partial charge in [-0.3, -0.25) is 14.6 Å². The molecule has 5 heteroatoms. The monoisotopic (exact) mass is 258 g/mol. The second-order valence-corrected chi connectivity index (χ2v) is 4.71. The average molecular weight is 258 g/mol. The Morgan fingerprint density at radius 3 is 2.74 bits per heavy atom. The lowest BCUT2D eigenvalue weighted by atomic mass is 9.83. The zero-order valence-corrected chi connectivity index (χ0v) is 10.5. The van der Waals surface area contributed by atoms with Gasteiger partial charge in [-0.05, 0) is 37.1 Å². The number of carboxylic acid groups (broad SMARTS) is 1. The van der Waals surface area contributed by atoms with Gasteiger partial charge in [0.25, 0.3) is 0 Å². The fourth-order valence-corrected chi connectivity index (χ4v) is 1.91. The number of hydrogen-bond donors (Lipinski definition) is 2. The molecule has 5 nitrogen and oxygen atoms in total. The summed E-state index contributed by atoms with van der Waals surface area (Å²) in [4.78, 5) is 26.8. The second kappa shape index (κ2) is 4.68. The van der Waals surface area contributed by atoms with E-state index in [0.717, 1.165) is 16.5 Å². The number of aliphatic carboxylic acids is 1. The van der Waals surface area contributed by atoms with E-state index >= 15 is 0 Å². The first kappa shape index (κ1) is 13.0. The summed E-state index contributed by atoms with van der Waals surface area (Å²) in [6.07, 6.45) is 1.75. The lowest BCUT2D eigenvalue weighted by molar-refractivity contribution is -0.153. The van der Waals surface area contributed by atoms with Crippen LogP contribution in [0.25, 0.3) is 10.9 Å². The zero-order chi connectivity index (χ0) is 14.0. The third kappa shape index (κ3) is 2.40. The molecule has 1 aromatic heterocycles. The number of nitrogens with two attached hydrogens (primary N) is 1. The Morgan fingerprint density at radius 2 is 2.11 bits per heavy atom. The highest BCUT2D eigenvalue weighted by molar-refractivity contribution is 6.01. The van der Waals surface area contributed by atoms with Crippen molar-refractivity contribution in [3.8, 4) is 0 Å². The van der Waals surface area contributed by atoms with Gasteiger partial charge in [-0.15, -0.1) is 0 Å². The van der Waals surface area contributed by atoms with Crippen molar-refractivity contribution < 1.29 is 14.7 Å². The summed E-state index contributed by atoms with van der Waals surface area (Å²) in [5, 5.41) is 10.1. The number of fused-ring (bicyclic) bond motifs is 1. The molecule has 0 aliphatic carbocycles. The third-order valence-electron chi connectivity index (χ3n) is 3.24. The van der Waals surface area contributed by atoms with Crippen LogP contribution in [-0.4, -0.2) is 22.0 Å². The van der Waals surface area contributed by atoms with Crippen LogP contribution in [-0.2, 0) is 16.0 Å². The van der Waals surface area contributed by atoms with E-state index in [-0.39, 0.29) is 6.42 Å². The molecule has 0 aliphatic heterocycles. The maximum Gasteiger partial charge on any atom is 0.319 e. The highest BCUT2D eigenvalue weighted by atomic mass is 16.4. The van der Waals surface area contributed by atoms with Gasteiger partial charge in [0, 0.05) is 11.6 Å². The van der Waals surface area contributed by atoms with Gasteiger partial charge in [0.2, 0.25) is 5.91 Å². The molecule has 3 N–H and O–H groups in total. The molecule has 19 heavy (non-hydrogen) atoms. The molecule has 1 heterocycles. The van der Waals surface area contributed by atoms with Gasteiger partial charge >= 0.3 is 5.97 Å². The van der Waals surface area contributed by atoms with Crippen LogP contribution >= 0.6 is 0 Å². The van der Waals surface area contributed by atoms with Crippen LogP contribution in [0.1, 0.15) is 12.5 Å². The fraction of sp³-hybridized carbons (Fsp3) is 0.214. The zero-order valence-electron chi connectivity index (χ0n) is 10.5. The highest BCUT2D eigenvalue weighted by Gasteiger charge is 2.39. The molecule has 1 atom stereocenters. The number of amides is 1. The number of rotatable bonds is 4. The number of pyridine rings is 1. The van der Waals surface area contributed by atoms with Crippen LogP contribution < -0.4 is 5.73 Å². The summed E-state index contributed by atoms with van der Waals surface area (Å²) in [5.74, 6) is -2.06. The van der Waals surface area contributed by atoms with Crippen LogP contribution in [0.3, 0.4) is 0 Å². The minimum atomic E-state index is -1.60. The first-order valence-electron chi connectivity index (χ1n) is 5.80. The average Bonchev–Trinajstić information content (AvgIpc) is 2.38. The lowest BCUT2D eigenvalue weighted by Gasteiger charge is -2.20. The Labute approximate surface area is 110 Å². The van der Waals surface area contributed by atoms with Gasteiger partial charge < -0.3 is 10.8 Å². The van der Waals surface area contributed by atoms with E-state index in [1.54, 1.807) is 24.4 Å². The molecule has 1 amide bonds. The van der Waals surface area contributed by atoms with E-state index in [4.69, 9.17) is 10.8 Å². The predicted octanol–water partition coefficient (Wildman–Crippen LogP) is 1.35. The van der Waals surface area contributed by atoms with Gasteiger partial charge in [-0.1, -0.05) is 12.1 Å². The number of carbonyl (C=O) groups excluding carboxylic acids is 1. The van der Waals surface area contributed by atoms with E-state index in [2.05, 4.69) is 4.98 Å². The molecule has 0 aliphatic rings. The molecule has 2 aromatic rings. The smallest absolute Gasteiger partial charge is 0.319 e. The van der Waals surface area contributed by atoms with E-state index in [1.165, 1.54) is 6.92 Å². The van der Waals surface area contributed by atoms with Gasteiger partial charge in [0.05, 0.1) is 5.52 Å². The molecule has 0 saturated heterocycles. The molecule has 0 spiro atoms. The summed E-state index contributed by atoms with van der Waals surface area (Å²) >= 11 is 0. The first-order valence-corrected chi connectivity index (χ1v) is 5.80. The van der Waals surface area contributed by atoms with Crippen molar-refractivity contribution in [3.05, 3.63) is 42.1 Å². The summed E-state index contributed by atoms with van der Waals surface area (Å²) < 4.78 is 0. The van der Waals surface area contributed by atoms with Crippen molar-refractivity contribution in [2.45, 2.75) is 13.3 Å². The van der Waals surface area contributed by atoms with E-state index in [1.807, 2.05) is 12.1 Å². The predicted molar refractivity (Wildman–Crippen MR) is 70.4 cm³/mol. The summed E-state index contributed by atoms with van der Waals surface area (Å²) in [5.41, 5.74) is 5.16. The van der Waals surface area contributed by atoms with Crippen molar-refractivity contribution in [2.24, 2.45) is 11.1 Å². The van der Waals surface area contributed by atoms with E-state index < -0.39 is 17.3 Å². The van der Waals surface area contributed by atoms with Crippen LogP contribution in [0.4, 0.5) is 0 Å². The van der Waals surface area contributed by atoms with E-state index in [0.29, 0.717) is 0 Å². The van der Waals surface area contributed by atoms with Crippen LogP contribution in [0, 0.1) is 5.41 Å². The summed E-state index contributed by atoms with van der Waals surface area (Å²) in [7, 11) is 0. The largest absolute Gasteiger partial charge is 0.480 e.